The summed E-state index contributed by atoms with van der Waals surface area (Å²) in [6.07, 6.45) is 1.78. The molecule has 0 aliphatic heterocycles. The zero-order valence-corrected chi connectivity index (χ0v) is 21.7. The molecule has 0 aromatic heterocycles. The van der Waals surface area contributed by atoms with Crippen LogP contribution in [0.3, 0.4) is 0 Å². The Morgan fingerprint density at radius 3 is 2.15 bits per heavy atom. The largest absolute Gasteiger partial charge is 0.480 e. The number of rotatable bonds is 8. The Hall–Kier alpha value is -4.13. The molecule has 2 saturated carbocycles. The molecule has 1 unspecified atom stereocenters. The third kappa shape index (κ3) is 5.01. The highest BCUT2D eigenvalue weighted by atomic mass is 16.5. The Balaban J connectivity index is 1.04. The van der Waals surface area contributed by atoms with Crippen molar-refractivity contribution in [1.29, 1.82) is 0 Å². The lowest BCUT2D eigenvalue weighted by Crippen LogP contribution is -2.50. The van der Waals surface area contributed by atoms with Crippen LogP contribution in [0.4, 0.5) is 4.79 Å². The second kappa shape index (κ2) is 10.6. The van der Waals surface area contributed by atoms with Gasteiger partial charge in [0.2, 0.25) is 5.91 Å². The van der Waals surface area contributed by atoms with Gasteiger partial charge in [-0.05, 0) is 58.9 Å². The molecule has 0 saturated heterocycles. The Kier molecular flexibility index (Phi) is 6.81. The first kappa shape index (κ1) is 25.2. The smallest absolute Gasteiger partial charge is 0.407 e. The van der Waals surface area contributed by atoms with E-state index in [9.17, 15) is 19.5 Å². The summed E-state index contributed by atoms with van der Waals surface area (Å²) in [6, 6.07) is 25.9. The van der Waals surface area contributed by atoms with Crippen LogP contribution in [0.25, 0.3) is 11.1 Å². The number of carboxylic acids is 1. The summed E-state index contributed by atoms with van der Waals surface area (Å²) in [4.78, 5) is 39.0. The van der Waals surface area contributed by atoms with Gasteiger partial charge >= 0.3 is 12.1 Å². The number of hydrogen-bond donors (Lipinski definition) is 2. The van der Waals surface area contributed by atoms with Gasteiger partial charge in [-0.15, -0.1) is 0 Å². The third-order valence-corrected chi connectivity index (χ3v) is 8.67. The van der Waals surface area contributed by atoms with Crippen LogP contribution in [-0.4, -0.2) is 47.2 Å². The Bertz CT molecular complexity index is 1340. The van der Waals surface area contributed by atoms with Gasteiger partial charge in [0.1, 0.15) is 13.2 Å². The number of carbonyl (C=O) groups is 3. The highest BCUT2D eigenvalue weighted by Gasteiger charge is 2.50. The summed E-state index contributed by atoms with van der Waals surface area (Å²) in [5.74, 6) is -0.775. The highest BCUT2D eigenvalue weighted by molar-refractivity contribution is 5.83. The third-order valence-electron chi connectivity index (χ3n) is 8.67. The van der Waals surface area contributed by atoms with Gasteiger partial charge in [-0.1, -0.05) is 78.9 Å². The number of ether oxygens (including phenoxy) is 1. The molecule has 3 aromatic carbocycles. The van der Waals surface area contributed by atoms with Crippen LogP contribution in [-0.2, 0) is 20.9 Å². The van der Waals surface area contributed by atoms with Crippen molar-refractivity contribution in [3.05, 3.63) is 95.6 Å². The van der Waals surface area contributed by atoms with Crippen LogP contribution < -0.4 is 5.32 Å². The van der Waals surface area contributed by atoms with Crippen LogP contribution in [0.2, 0.25) is 0 Å². The second-order valence-corrected chi connectivity index (χ2v) is 11.0. The number of amides is 2. The molecule has 3 aliphatic rings. The van der Waals surface area contributed by atoms with Gasteiger partial charge in [0.15, 0.2) is 0 Å². The van der Waals surface area contributed by atoms with E-state index in [4.69, 9.17) is 4.74 Å². The van der Waals surface area contributed by atoms with E-state index in [0.29, 0.717) is 12.3 Å². The maximum atomic E-state index is 13.3. The quantitative estimate of drug-likeness (QED) is 0.430. The van der Waals surface area contributed by atoms with Crippen LogP contribution in [0.5, 0.6) is 0 Å². The van der Waals surface area contributed by atoms with Gasteiger partial charge in [-0.2, -0.15) is 0 Å². The van der Waals surface area contributed by atoms with Crippen LogP contribution in [0.15, 0.2) is 78.9 Å². The summed E-state index contributed by atoms with van der Waals surface area (Å²) in [7, 11) is 0. The fraction of sp³-hybridized carbons (Fsp3) is 0.344. The van der Waals surface area contributed by atoms with E-state index in [1.165, 1.54) is 27.2 Å². The number of fused-ring (bicyclic) bond motifs is 4. The number of nitrogens with zero attached hydrogens (tertiary/aromatic N) is 1. The summed E-state index contributed by atoms with van der Waals surface area (Å²) in [5, 5.41) is 12.4. The second-order valence-electron chi connectivity index (χ2n) is 11.0. The van der Waals surface area contributed by atoms with Crippen molar-refractivity contribution < 1.29 is 24.2 Å². The molecular weight excluding hydrogens is 492 g/mol. The summed E-state index contributed by atoms with van der Waals surface area (Å²) < 4.78 is 5.73. The normalized spacial score (nSPS) is 22.7. The fourth-order valence-electron chi connectivity index (χ4n) is 6.82. The van der Waals surface area contributed by atoms with Crippen molar-refractivity contribution in [3.63, 3.8) is 0 Å². The van der Waals surface area contributed by atoms with Crippen molar-refractivity contribution in [2.75, 3.05) is 13.2 Å². The monoisotopic (exact) mass is 524 g/mol. The average Bonchev–Trinajstić information content (AvgIpc) is 3.45. The molecule has 39 heavy (non-hydrogen) atoms. The lowest BCUT2D eigenvalue weighted by molar-refractivity contribution is -0.146. The zero-order valence-electron chi connectivity index (χ0n) is 21.7. The topological polar surface area (TPSA) is 95.9 Å². The van der Waals surface area contributed by atoms with Crippen LogP contribution in [0.1, 0.15) is 41.9 Å². The fourth-order valence-corrected chi connectivity index (χ4v) is 6.82. The number of carboxylic acid groups (broad SMARTS) is 1. The first-order valence-electron chi connectivity index (χ1n) is 13.6. The van der Waals surface area contributed by atoms with E-state index in [1.807, 2.05) is 54.6 Å². The van der Waals surface area contributed by atoms with Gasteiger partial charge in [-0.25, -0.2) is 4.79 Å². The first-order valence-corrected chi connectivity index (χ1v) is 13.6. The molecule has 2 amide bonds. The van der Waals surface area contributed by atoms with Gasteiger partial charge in [0.25, 0.3) is 0 Å². The van der Waals surface area contributed by atoms with Gasteiger partial charge in [0, 0.05) is 24.4 Å². The summed E-state index contributed by atoms with van der Waals surface area (Å²) in [6.45, 7) is 0.228. The molecule has 0 radical (unpaired) electrons. The van der Waals surface area contributed by atoms with Crippen molar-refractivity contribution in [2.24, 2.45) is 17.8 Å². The molecule has 0 spiro atoms. The molecule has 0 bridgehead atoms. The number of benzene rings is 3. The molecular formula is C32H32N2O5. The Labute approximate surface area is 227 Å². The zero-order chi connectivity index (χ0) is 26.9. The highest BCUT2D eigenvalue weighted by Crippen LogP contribution is 2.50. The van der Waals surface area contributed by atoms with E-state index in [0.717, 1.165) is 18.4 Å². The van der Waals surface area contributed by atoms with Crippen molar-refractivity contribution in [1.82, 2.24) is 10.2 Å². The lowest BCUT2D eigenvalue weighted by Gasteiger charge is -2.40. The van der Waals surface area contributed by atoms with Crippen molar-refractivity contribution in [2.45, 2.75) is 37.8 Å². The molecule has 3 aliphatic carbocycles. The molecule has 6 rings (SSSR count). The van der Waals surface area contributed by atoms with Crippen LogP contribution >= 0.6 is 0 Å². The maximum Gasteiger partial charge on any atom is 0.407 e. The number of alkyl carbamates (subject to hydrolysis) is 1. The minimum absolute atomic E-state index is 0.00982. The standard InChI is InChI=1S/C32H32N2O5/c35-30(36)18-34(17-20-8-2-1-3-9-20)31(37)22-14-21-16-29(27(21)15-22)33-32(38)39-19-28-25-12-6-4-10-23(25)24-11-5-7-13-26(24)28/h1-13,21-22,27-29H,14-19H2,(H,33,38)(H,35,36)/t21-,22?,27-,29+/m0/s1. The van der Waals surface area contributed by atoms with E-state index >= 15 is 0 Å². The first-order chi connectivity index (χ1) is 19.0. The van der Waals surface area contributed by atoms with Gasteiger partial charge < -0.3 is 20.1 Å². The summed E-state index contributed by atoms with van der Waals surface area (Å²) in [5.41, 5.74) is 5.63. The molecule has 7 nitrogen and oxygen atoms in total. The molecule has 0 heterocycles. The number of aliphatic carboxylic acids is 1. The van der Waals surface area contributed by atoms with E-state index < -0.39 is 12.1 Å². The van der Waals surface area contributed by atoms with Crippen molar-refractivity contribution in [3.8, 4) is 11.1 Å². The predicted octanol–water partition coefficient (Wildman–Crippen LogP) is 5.05. The Morgan fingerprint density at radius 1 is 0.846 bits per heavy atom. The van der Waals surface area contributed by atoms with E-state index in [2.05, 4.69) is 29.6 Å². The van der Waals surface area contributed by atoms with Crippen LogP contribution in [0, 0.1) is 17.8 Å². The molecule has 4 atom stereocenters. The SMILES string of the molecule is O=C(O)CN(Cc1ccccc1)C(=O)C1C[C@H]2C[C@@H](NC(=O)OCC3c4ccccc4-c4ccccc43)[C@H]2C1. The number of nitrogens with one attached hydrogen (secondary N) is 1. The lowest BCUT2D eigenvalue weighted by atomic mass is 9.71. The van der Waals surface area contributed by atoms with Crippen molar-refractivity contribution >= 4 is 18.0 Å². The van der Waals surface area contributed by atoms with E-state index in [1.54, 1.807) is 0 Å². The Morgan fingerprint density at radius 2 is 1.49 bits per heavy atom. The maximum absolute atomic E-state index is 13.3. The molecule has 2 fully saturated rings. The predicted molar refractivity (Wildman–Crippen MR) is 146 cm³/mol. The minimum Gasteiger partial charge on any atom is -0.480 e. The molecule has 200 valence electrons. The molecule has 7 heteroatoms. The average molecular weight is 525 g/mol. The minimum atomic E-state index is -1.02. The number of carbonyl (C=O) groups excluding carboxylic acids is 2. The molecule has 2 N–H and O–H groups in total. The van der Waals surface area contributed by atoms with Gasteiger partial charge in [0.05, 0.1) is 0 Å². The number of hydrogen-bond acceptors (Lipinski definition) is 4. The molecule has 3 aromatic rings. The van der Waals surface area contributed by atoms with Gasteiger partial charge in [-0.3, -0.25) is 9.59 Å². The van der Waals surface area contributed by atoms with E-state index in [-0.39, 0.29) is 49.4 Å². The summed E-state index contributed by atoms with van der Waals surface area (Å²) >= 11 is 0.